The zero-order valence-corrected chi connectivity index (χ0v) is 12.6. The van der Waals surface area contributed by atoms with Crippen molar-refractivity contribution in [3.05, 3.63) is 27.8 Å². The van der Waals surface area contributed by atoms with Crippen LogP contribution in [0.3, 0.4) is 0 Å². The van der Waals surface area contributed by atoms with Gasteiger partial charge in [-0.1, -0.05) is 13.8 Å². The van der Waals surface area contributed by atoms with E-state index in [1.165, 1.54) is 13.2 Å². The molecule has 3 N–H and O–H groups in total. The molecule has 0 heterocycles. The molecule has 6 nitrogen and oxygen atoms in total. The van der Waals surface area contributed by atoms with E-state index >= 15 is 0 Å². The third-order valence-electron chi connectivity index (χ3n) is 2.98. The molecule has 20 heavy (non-hydrogen) atoms. The highest BCUT2D eigenvalue weighted by atomic mass is 35.5. The van der Waals surface area contributed by atoms with E-state index in [0.29, 0.717) is 11.5 Å². The maximum absolute atomic E-state index is 10.9. The van der Waals surface area contributed by atoms with Crippen LogP contribution >= 0.6 is 12.4 Å². The Morgan fingerprint density at radius 3 is 2.45 bits per heavy atom. The molecule has 0 saturated heterocycles. The van der Waals surface area contributed by atoms with E-state index in [1.54, 1.807) is 6.07 Å². The van der Waals surface area contributed by atoms with Gasteiger partial charge in [0, 0.05) is 12.1 Å². The van der Waals surface area contributed by atoms with Crippen LogP contribution in [0.25, 0.3) is 0 Å². The lowest BCUT2D eigenvalue weighted by Crippen LogP contribution is -2.12. The molecular weight excluding hydrogens is 284 g/mol. The molecule has 7 heteroatoms. The molecule has 1 aromatic carbocycles. The Balaban J connectivity index is 0.00000361. The minimum atomic E-state index is -0.642. The van der Waals surface area contributed by atoms with Crippen molar-refractivity contribution in [1.29, 1.82) is 0 Å². The highest BCUT2D eigenvalue weighted by Crippen LogP contribution is 2.38. The van der Waals surface area contributed by atoms with Gasteiger partial charge in [-0.3, -0.25) is 10.1 Å². The zero-order chi connectivity index (χ0) is 14.6. The Morgan fingerprint density at radius 1 is 1.40 bits per heavy atom. The normalized spacial score (nSPS) is 11.8. The van der Waals surface area contributed by atoms with Gasteiger partial charge in [-0.25, -0.2) is 0 Å². The van der Waals surface area contributed by atoms with Crippen molar-refractivity contribution in [3.8, 4) is 11.5 Å². The first-order valence-electron chi connectivity index (χ1n) is 6.17. The Kier molecular flexibility index (Phi) is 7.31. The summed E-state index contributed by atoms with van der Waals surface area (Å²) in [6, 6.07) is 2.55. The first kappa shape index (κ1) is 18.5. The van der Waals surface area contributed by atoms with Gasteiger partial charge in [0.1, 0.15) is 0 Å². The van der Waals surface area contributed by atoms with Crippen molar-refractivity contribution in [1.82, 2.24) is 0 Å². The largest absolute Gasteiger partial charge is 0.500 e. The van der Waals surface area contributed by atoms with E-state index in [2.05, 4.69) is 13.8 Å². The zero-order valence-electron chi connectivity index (χ0n) is 11.8. The highest BCUT2D eigenvalue weighted by molar-refractivity contribution is 5.85. The number of methoxy groups -OCH3 is 1. The summed E-state index contributed by atoms with van der Waals surface area (Å²) >= 11 is 0. The predicted octanol–water partition coefficient (Wildman–Crippen LogP) is 3.17. The number of hydrogen-bond donors (Lipinski definition) is 2. The van der Waals surface area contributed by atoms with Gasteiger partial charge in [-0.05, 0) is 30.4 Å². The molecule has 0 saturated carbocycles. The van der Waals surface area contributed by atoms with Gasteiger partial charge < -0.3 is 15.6 Å². The van der Waals surface area contributed by atoms with E-state index in [0.717, 1.165) is 12.8 Å². The van der Waals surface area contributed by atoms with Crippen molar-refractivity contribution < 1.29 is 14.8 Å². The van der Waals surface area contributed by atoms with Crippen LogP contribution < -0.4 is 10.5 Å². The van der Waals surface area contributed by atoms with Crippen molar-refractivity contribution in [2.24, 2.45) is 11.7 Å². The van der Waals surface area contributed by atoms with Crippen molar-refractivity contribution in [3.63, 3.8) is 0 Å². The summed E-state index contributed by atoms with van der Waals surface area (Å²) in [7, 11) is 1.35. The number of phenolic OH excluding ortho intramolecular Hbond substituents is 1. The number of rotatable bonds is 6. The number of nitro groups is 1. The Hall–Kier alpha value is -1.53. The van der Waals surface area contributed by atoms with E-state index < -0.39 is 10.7 Å². The van der Waals surface area contributed by atoms with E-state index in [-0.39, 0.29) is 29.9 Å². The fourth-order valence-electron chi connectivity index (χ4n) is 1.80. The number of aromatic hydroxyl groups is 1. The second-order valence-corrected chi connectivity index (χ2v) is 4.93. The summed E-state index contributed by atoms with van der Waals surface area (Å²) in [6.07, 6.45) is 1.65. The fraction of sp³-hybridized carbons (Fsp3) is 0.538. The standard InChI is InChI=1S/C13H20N2O4.ClH/c1-8(2)4-5-10(14)9-6-11(15(17)18)13(16)12(7-9)19-3;/h6-8,10,16H,4-5,14H2,1-3H3;1H/t10-;/m1./s1. The average Bonchev–Trinajstić information content (AvgIpc) is 2.35. The van der Waals surface area contributed by atoms with Gasteiger partial charge in [0.25, 0.3) is 0 Å². The Morgan fingerprint density at radius 2 is 2.00 bits per heavy atom. The van der Waals surface area contributed by atoms with Gasteiger partial charge in [0.15, 0.2) is 5.75 Å². The van der Waals surface area contributed by atoms with Gasteiger partial charge in [-0.15, -0.1) is 12.4 Å². The molecular formula is C13H21ClN2O4. The lowest BCUT2D eigenvalue weighted by Gasteiger charge is -2.15. The van der Waals surface area contributed by atoms with Crippen molar-refractivity contribution in [2.75, 3.05) is 7.11 Å². The number of phenols is 1. The summed E-state index contributed by atoms with van der Waals surface area (Å²) in [5.41, 5.74) is 6.25. The number of hydrogen-bond acceptors (Lipinski definition) is 5. The van der Waals surface area contributed by atoms with Crippen molar-refractivity contribution >= 4 is 18.1 Å². The Labute approximate surface area is 124 Å². The summed E-state index contributed by atoms with van der Waals surface area (Å²) in [4.78, 5) is 10.2. The van der Waals surface area contributed by atoms with Crippen LogP contribution in [-0.4, -0.2) is 17.1 Å². The van der Waals surface area contributed by atoms with Crippen LogP contribution in [0.15, 0.2) is 12.1 Å². The predicted molar refractivity (Wildman–Crippen MR) is 79.6 cm³/mol. The molecule has 0 fully saturated rings. The Bertz CT molecular complexity index is 466. The van der Waals surface area contributed by atoms with Crippen LogP contribution in [0, 0.1) is 16.0 Å². The van der Waals surface area contributed by atoms with Gasteiger partial charge in [0.2, 0.25) is 5.75 Å². The minimum Gasteiger partial charge on any atom is -0.500 e. The molecule has 0 aliphatic heterocycles. The second-order valence-electron chi connectivity index (χ2n) is 4.93. The number of nitrogens with two attached hydrogens (primary N) is 1. The molecule has 0 aliphatic rings. The summed E-state index contributed by atoms with van der Waals surface area (Å²) in [5, 5.41) is 20.6. The summed E-state index contributed by atoms with van der Waals surface area (Å²) in [5.74, 6) is 0.122. The lowest BCUT2D eigenvalue weighted by molar-refractivity contribution is -0.386. The smallest absolute Gasteiger partial charge is 0.314 e. The van der Waals surface area contributed by atoms with Crippen LogP contribution in [0.4, 0.5) is 5.69 Å². The number of nitro benzene ring substituents is 1. The van der Waals surface area contributed by atoms with Crippen LogP contribution in [0.1, 0.15) is 38.3 Å². The van der Waals surface area contributed by atoms with Crippen LogP contribution in [0.5, 0.6) is 11.5 Å². The first-order chi connectivity index (χ1) is 8.86. The second kappa shape index (κ2) is 7.91. The van der Waals surface area contributed by atoms with E-state index in [9.17, 15) is 15.2 Å². The van der Waals surface area contributed by atoms with Crippen molar-refractivity contribution in [2.45, 2.75) is 32.7 Å². The maximum Gasteiger partial charge on any atom is 0.314 e. The molecule has 0 amide bonds. The third-order valence-corrected chi connectivity index (χ3v) is 2.98. The third kappa shape index (κ3) is 4.54. The quantitative estimate of drug-likeness (QED) is 0.621. The molecule has 0 unspecified atom stereocenters. The highest BCUT2D eigenvalue weighted by Gasteiger charge is 2.22. The molecule has 0 bridgehead atoms. The molecule has 1 atom stereocenters. The molecule has 1 aromatic rings. The van der Waals surface area contributed by atoms with Gasteiger partial charge >= 0.3 is 5.69 Å². The maximum atomic E-state index is 10.9. The first-order valence-corrected chi connectivity index (χ1v) is 6.17. The topological polar surface area (TPSA) is 98.6 Å². The number of benzene rings is 1. The van der Waals surface area contributed by atoms with E-state index in [4.69, 9.17) is 10.5 Å². The lowest BCUT2D eigenvalue weighted by atomic mass is 9.97. The minimum absolute atomic E-state index is 0. The van der Waals surface area contributed by atoms with Gasteiger partial charge in [-0.2, -0.15) is 0 Å². The number of nitrogens with zero attached hydrogens (tertiary/aromatic N) is 1. The average molecular weight is 305 g/mol. The molecule has 0 aromatic heterocycles. The molecule has 0 radical (unpaired) electrons. The molecule has 1 rings (SSSR count). The molecule has 0 aliphatic carbocycles. The number of halogens is 1. The monoisotopic (exact) mass is 304 g/mol. The van der Waals surface area contributed by atoms with Crippen LogP contribution in [-0.2, 0) is 0 Å². The van der Waals surface area contributed by atoms with Gasteiger partial charge in [0.05, 0.1) is 12.0 Å². The molecule has 0 spiro atoms. The fourth-order valence-corrected chi connectivity index (χ4v) is 1.80. The summed E-state index contributed by atoms with van der Waals surface area (Å²) < 4.78 is 4.94. The number of ether oxygens (including phenoxy) is 1. The molecule has 114 valence electrons. The van der Waals surface area contributed by atoms with E-state index in [1.807, 2.05) is 0 Å². The summed E-state index contributed by atoms with van der Waals surface area (Å²) in [6.45, 7) is 4.18. The SMILES string of the molecule is COc1cc([C@H](N)CCC(C)C)cc([N+](=O)[O-])c1O.Cl. The van der Waals surface area contributed by atoms with Crippen LogP contribution in [0.2, 0.25) is 0 Å².